The highest BCUT2D eigenvalue weighted by Crippen LogP contribution is 2.27. The van der Waals surface area contributed by atoms with Crippen LogP contribution in [0.15, 0.2) is 22.7 Å². The van der Waals surface area contributed by atoms with E-state index in [9.17, 15) is 0 Å². The number of nitrogens with zero attached hydrogens (tertiary/aromatic N) is 3. The first-order chi connectivity index (χ1) is 8.04. The van der Waals surface area contributed by atoms with Gasteiger partial charge in [-0.05, 0) is 29.8 Å². The lowest BCUT2D eigenvalue weighted by Gasteiger charge is -2.07. The number of hydrogen-bond donors (Lipinski definition) is 2. The highest BCUT2D eigenvalue weighted by molar-refractivity contribution is 9.10. The fraction of sp³-hybridized carbons (Fsp3) is 0. The van der Waals surface area contributed by atoms with E-state index in [1.807, 2.05) is 6.07 Å². The van der Waals surface area contributed by atoms with Crippen LogP contribution in [0.2, 0.25) is 10.3 Å². The third kappa shape index (κ3) is 3.18. The number of halogens is 3. The van der Waals surface area contributed by atoms with Crippen LogP contribution in [0.5, 0.6) is 0 Å². The fourth-order valence-corrected chi connectivity index (χ4v) is 2.02. The summed E-state index contributed by atoms with van der Waals surface area (Å²) in [6, 6.07) is 5.36. The van der Waals surface area contributed by atoms with E-state index in [1.54, 1.807) is 12.1 Å². The average Bonchev–Trinajstić information content (AvgIpc) is 2.21. The van der Waals surface area contributed by atoms with Gasteiger partial charge in [0.15, 0.2) is 0 Å². The summed E-state index contributed by atoms with van der Waals surface area (Å²) in [5, 5.41) is 3.45. The molecule has 0 saturated carbocycles. The van der Waals surface area contributed by atoms with E-state index in [4.69, 9.17) is 28.9 Å². The normalized spacial score (nSPS) is 10.3. The Morgan fingerprint density at radius 3 is 2.59 bits per heavy atom. The molecule has 0 radical (unpaired) electrons. The summed E-state index contributed by atoms with van der Waals surface area (Å²) in [6.45, 7) is 0. The van der Waals surface area contributed by atoms with Crippen LogP contribution in [0, 0.1) is 0 Å². The Bertz CT molecular complexity index is 543. The zero-order chi connectivity index (χ0) is 12.4. The van der Waals surface area contributed by atoms with Crippen molar-refractivity contribution in [1.82, 2.24) is 15.0 Å². The summed E-state index contributed by atoms with van der Waals surface area (Å²) in [5.41, 5.74) is 6.10. The first kappa shape index (κ1) is 12.3. The summed E-state index contributed by atoms with van der Waals surface area (Å²) in [5.74, 6) is 0.285. The van der Waals surface area contributed by atoms with Gasteiger partial charge in [-0.2, -0.15) is 15.0 Å². The Morgan fingerprint density at radius 2 is 1.94 bits per heavy atom. The minimum atomic E-state index is 0.0215. The lowest BCUT2D eigenvalue weighted by atomic mass is 10.3. The highest BCUT2D eigenvalue weighted by atomic mass is 79.9. The molecule has 1 heterocycles. The molecule has 0 bridgehead atoms. The molecule has 0 saturated heterocycles. The van der Waals surface area contributed by atoms with Crippen molar-refractivity contribution in [1.29, 1.82) is 0 Å². The predicted molar refractivity (Wildman–Crippen MR) is 71.7 cm³/mol. The molecule has 0 aliphatic rings. The molecule has 8 heteroatoms. The molecule has 0 atom stereocenters. The van der Waals surface area contributed by atoms with Crippen molar-refractivity contribution < 1.29 is 0 Å². The zero-order valence-corrected chi connectivity index (χ0v) is 11.4. The molecule has 3 N–H and O–H groups in total. The van der Waals surface area contributed by atoms with Crippen molar-refractivity contribution in [3.8, 4) is 0 Å². The second-order valence-electron chi connectivity index (χ2n) is 3.04. The largest absolute Gasteiger partial charge is 0.368 e. The first-order valence-electron chi connectivity index (χ1n) is 4.44. The van der Waals surface area contributed by atoms with Crippen molar-refractivity contribution in [2.24, 2.45) is 0 Å². The highest BCUT2D eigenvalue weighted by Gasteiger charge is 2.06. The standard InChI is InChI=1S/C9H6BrCl2N5/c10-4-1-2-6(5(11)3-4)14-9-16-7(12)15-8(13)17-9/h1-3H,(H3,13,14,15,16,17). The Balaban J connectivity index is 2.31. The average molecular weight is 335 g/mol. The molecule has 88 valence electrons. The molecule has 0 spiro atoms. The van der Waals surface area contributed by atoms with Gasteiger partial charge >= 0.3 is 0 Å². The maximum absolute atomic E-state index is 6.03. The molecule has 1 aromatic heterocycles. The van der Waals surface area contributed by atoms with Gasteiger partial charge in [-0.15, -0.1) is 0 Å². The van der Waals surface area contributed by atoms with Crippen LogP contribution in [0.1, 0.15) is 0 Å². The summed E-state index contributed by atoms with van der Waals surface area (Å²) >= 11 is 15.0. The minimum Gasteiger partial charge on any atom is -0.368 e. The van der Waals surface area contributed by atoms with E-state index in [0.717, 1.165) is 4.47 Å². The predicted octanol–water partition coefficient (Wildman–Crippen LogP) is 3.27. The van der Waals surface area contributed by atoms with E-state index in [1.165, 1.54) is 0 Å². The number of benzene rings is 1. The number of hydrogen-bond acceptors (Lipinski definition) is 5. The van der Waals surface area contributed by atoms with Gasteiger partial charge in [0.05, 0.1) is 10.7 Å². The number of nitrogen functional groups attached to an aromatic ring is 1. The molecule has 0 aliphatic heterocycles. The first-order valence-corrected chi connectivity index (χ1v) is 5.98. The molecule has 2 rings (SSSR count). The second kappa shape index (κ2) is 5.03. The van der Waals surface area contributed by atoms with Crippen molar-refractivity contribution >= 4 is 56.7 Å². The lowest BCUT2D eigenvalue weighted by Crippen LogP contribution is -2.03. The maximum Gasteiger partial charge on any atom is 0.233 e. The zero-order valence-electron chi connectivity index (χ0n) is 8.28. The van der Waals surface area contributed by atoms with E-state index in [2.05, 4.69) is 36.2 Å². The van der Waals surface area contributed by atoms with E-state index >= 15 is 0 Å². The van der Waals surface area contributed by atoms with Crippen LogP contribution in [0.3, 0.4) is 0 Å². The number of nitrogens with two attached hydrogens (primary N) is 1. The number of anilines is 3. The Morgan fingerprint density at radius 1 is 1.18 bits per heavy atom. The topological polar surface area (TPSA) is 76.7 Å². The minimum absolute atomic E-state index is 0.0215. The molecule has 1 aromatic carbocycles. The summed E-state index contributed by atoms with van der Waals surface area (Å²) in [7, 11) is 0. The molecule has 2 aromatic rings. The SMILES string of the molecule is Nc1nc(Cl)nc(Nc2ccc(Br)cc2Cl)n1. The van der Waals surface area contributed by atoms with Gasteiger partial charge in [-0.1, -0.05) is 27.5 Å². The van der Waals surface area contributed by atoms with Gasteiger partial charge in [-0.3, -0.25) is 0 Å². The van der Waals surface area contributed by atoms with Crippen molar-refractivity contribution in [2.75, 3.05) is 11.1 Å². The van der Waals surface area contributed by atoms with Crippen molar-refractivity contribution in [3.63, 3.8) is 0 Å². The lowest BCUT2D eigenvalue weighted by molar-refractivity contribution is 1.07. The molecule has 0 unspecified atom stereocenters. The molecule has 0 fully saturated rings. The van der Waals surface area contributed by atoms with Crippen LogP contribution in [-0.2, 0) is 0 Å². The fourth-order valence-electron chi connectivity index (χ4n) is 1.13. The molecule has 17 heavy (non-hydrogen) atoms. The number of nitrogens with one attached hydrogen (secondary N) is 1. The van der Waals surface area contributed by atoms with Crippen LogP contribution in [0.4, 0.5) is 17.6 Å². The third-order valence-corrected chi connectivity index (χ3v) is 2.78. The van der Waals surface area contributed by atoms with Crippen LogP contribution < -0.4 is 11.1 Å². The number of rotatable bonds is 2. The smallest absolute Gasteiger partial charge is 0.233 e. The van der Waals surface area contributed by atoms with Gasteiger partial charge < -0.3 is 11.1 Å². The molecule has 0 aliphatic carbocycles. The monoisotopic (exact) mass is 333 g/mol. The van der Waals surface area contributed by atoms with Gasteiger partial charge in [0, 0.05) is 4.47 Å². The van der Waals surface area contributed by atoms with Crippen LogP contribution >= 0.6 is 39.1 Å². The Kier molecular flexibility index (Phi) is 3.66. The second-order valence-corrected chi connectivity index (χ2v) is 4.70. The van der Waals surface area contributed by atoms with E-state index < -0.39 is 0 Å². The summed E-state index contributed by atoms with van der Waals surface area (Å²) in [6.07, 6.45) is 0. The Labute approximate surface area is 116 Å². The summed E-state index contributed by atoms with van der Waals surface area (Å²) < 4.78 is 0.876. The van der Waals surface area contributed by atoms with E-state index in [0.29, 0.717) is 10.7 Å². The Hall–Kier alpha value is -1.11. The van der Waals surface area contributed by atoms with Gasteiger partial charge in [0.25, 0.3) is 0 Å². The molecular weight excluding hydrogens is 329 g/mol. The number of aromatic nitrogens is 3. The van der Waals surface area contributed by atoms with Gasteiger partial charge in [0.2, 0.25) is 17.2 Å². The van der Waals surface area contributed by atoms with Gasteiger partial charge in [0.1, 0.15) is 0 Å². The van der Waals surface area contributed by atoms with Crippen LogP contribution in [-0.4, -0.2) is 15.0 Å². The molecule has 5 nitrogen and oxygen atoms in total. The van der Waals surface area contributed by atoms with E-state index in [-0.39, 0.29) is 17.2 Å². The molecule has 0 amide bonds. The maximum atomic E-state index is 6.03. The quantitative estimate of drug-likeness (QED) is 0.881. The third-order valence-electron chi connectivity index (χ3n) is 1.80. The van der Waals surface area contributed by atoms with Crippen LogP contribution in [0.25, 0.3) is 0 Å². The molecular formula is C9H6BrCl2N5. The van der Waals surface area contributed by atoms with Gasteiger partial charge in [-0.25, -0.2) is 0 Å². The van der Waals surface area contributed by atoms with Crippen molar-refractivity contribution in [3.05, 3.63) is 33.0 Å². The summed E-state index contributed by atoms with van der Waals surface area (Å²) in [4.78, 5) is 11.4. The van der Waals surface area contributed by atoms with Crippen molar-refractivity contribution in [2.45, 2.75) is 0 Å².